The van der Waals surface area contributed by atoms with E-state index in [1.807, 2.05) is 0 Å². The van der Waals surface area contributed by atoms with Crippen LogP contribution in [0.15, 0.2) is 67.1 Å². The van der Waals surface area contributed by atoms with E-state index in [1.54, 1.807) is 24.5 Å². The highest BCUT2D eigenvalue weighted by Crippen LogP contribution is 2.27. The first-order valence-corrected chi connectivity index (χ1v) is 10.9. The van der Waals surface area contributed by atoms with Gasteiger partial charge in [-0.1, -0.05) is 0 Å². The Kier molecular flexibility index (Phi) is 7.85. The molecule has 0 atom stereocenters. The number of amides is 2. The Hall–Kier alpha value is -4.94. The lowest BCUT2D eigenvalue weighted by Gasteiger charge is -2.12. The van der Waals surface area contributed by atoms with Crippen LogP contribution in [0.4, 0.5) is 23.5 Å². The summed E-state index contributed by atoms with van der Waals surface area (Å²) in [5.74, 6) is -4.21. The summed E-state index contributed by atoms with van der Waals surface area (Å²) in [6.45, 7) is -2.92. The van der Waals surface area contributed by atoms with Gasteiger partial charge >= 0.3 is 6.61 Å². The van der Waals surface area contributed by atoms with Crippen molar-refractivity contribution in [2.24, 2.45) is 0 Å². The molecule has 38 heavy (non-hydrogen) atoms. The lowest BCUT2D eigenvalue weighted by Crippen LogP contribution is -2.23. The summed E-state index contributed by atoms with van der Waals surface area (Å²) in [4.78, 5) is 33.5. The van der Waals surface area contributed by atoms with Crippen LogP contribution in [0.25, 0.3) is 5.69 Å². The molecule has 196 valence electrons. The van der Waals surface area contributed by atoms with Crippen molar-refractivity contribution < 1.29 is 36.6 Å². The molecule has 0 unspecified atom stereocenters. The molecule has 0 saturated heterocycles. The molecule has 13 heteroatoms. The topological polar surface area (TPSA) is 107 Å². The van der Waals surface area contributed by atoms with Gasteiger partial charge < -0.3 is 14.8 Å². The fourth-order valence-corrected chi connectivity index (χ4v) is 3.37. The standard InChI is InChI=1S/C25H19F4N5O4/c1-37-17-10-18(26)21(19(27)11-17)34-13-20(23(36)31-12-14-6-8-30-9-7-14)32-25(34)33-22(35)15-2-4-16(5-3-15)38-24(28)29/h2-11,13,24H,12H2,1H3,(H,31,36)(H,32,33,35). The van der Waals surface area contributed by atoms with Gasteiger partial charge in [0.2, 0.25) is 5.95 Å². The van der Waals surface area contributed by atoms with Gasteiger partial charge in [0.25, 0.3) is 11.8 Å². The number of hydrogen-bond donors (Lipinski definition) is 2. The molecule has 0 spiro atoms. The van der Waals surface area contributed by atoms with Crippen LogP contribution < -0.4 is 20.1 Å². The summed E-state index contributed by atoms with van der Waals surface area (Å²) in [6, 6.07) is 9.93. The minimum atomic E-state index is -3.04. The van der Waals surface area contributed by atoms with Gasteiger partial charge in [-0.05, 0) is 42.0 Å². The number of aromatic nitrogens is 3. The first kappa shape index (κ1) is 26.1. The van der Waals surface area contributed by atoms with Gasteiger partial charge in [0.05, 0.1) is 7.11 Å². The van der Waals surface area contributed by atoms with Crippen molar-refractivity contribution in [3.63, 3.8) is 0 Å². The summed E-state index contributed by atoms with van der Waals surface area (Å²) in [5, 5.41) is 5.01. The Balaban J connectivity index is 1.65. The number of rotatable bonds is 9. The largest absolute Gasteiger partial charge is 0.497 e. The van der Waals surface area contributed by atoms with Crippen LogP contribution in [-0.2, 0) is 6.54 Å². The third kappa shape index (κ3) is 6.06. The van der Waals surface area contributed by atoms with Crippen LogP contribution in [0.5, 0.6) is 11.5 Å². The Bertz CT molecular complexity index is 1420. The summed E-state index contributed by atoms with van der Waals surface area (Å²) in [5.41, 5.74) is -0.125. The predicted molar refractivity (Wildman–Crippen MR) is 126 cm³/mol. The quantitative estimate of drug-likeness (QED) is 0.313. The number of carbonyl (C=O) groups excluding carboxylic acids is 2. The summed E-state index contributed by atoms with van der Waals surface area (Å²) in [6.07, 6.45) is 4.15. The van der Waals surface area contributed by atoms with Crippen LogP contribution in [0, 0.1) is 11.6 Å². The number of hydrogen-bond acceptors (Lipinski definition) is 6. The number of ether oxygens (including phenoxy) is 2. The molecule has 0 fully saturated rings. The summed E-state index contributed by atoms with van der Waals surface area (Å²) < 4.78 is 64.5. The van der Waals surface area contributed by atoms with E-state index < -0.39 is 35.7 Å². The van der Waals surface area contributed by atoms with E-state index >= 15 is 0 Å². The number of imidazole rings is 1. The normalized spacial score (nSPS) is 10.8. The lowest BCUT2D eigenvalue weighted by molar-refractivity contribution is -0.0498. The van der Waals surface area contributed by atoms with Gasteiger partial charge in [-0.3, -0.25) is 24.5 Å². The lowest BCUT2D eigenvalue weighted by atomic mass is 10.2. The SMILES string of the molecule is COc1cc(F)c(-n2cc(C(=O)NCc3ccncc3)nc2NC(=O)c2ccc(OC(F)F)cc2)c(F)c1. The average molecular weight is 529 g/mol. The second kappa shape index (κ2) is 11.4. The highest BCUT2D eigenvalue weighted by Gasteiger charge is 2.23. The molecule has 2 N–H and O–H groups in total. The smallest absolute Gasteiger partial charge is 0.387 e. The molecule has 0 aliphatic heterocycles. The fourth-order valence-electron chi connectivity index (χ4n) is 3.37. The Morgan fingerprint density at radius 2 is 1.63 bits per heavy atom. The van der Waals surface area contributed by atoms with Gasteiger partial charge in [-0.25, -0.2) is 13.8 Å². The number of carbonyl (C=O) groups is 2. The summed E-state index contributed by atoms with van der Waals surface area (Å²) in [7, 11) is 1.24. The molecule has 0 aliphatic carbocycles. The van der Waals surface area contributed by atoms with E-state index in [-0.39, 0.29) is 35.2 Å². The van der Waals surface area contributed by atoms with E-state index in [2.05, 4.69) is 25.3 Å². The number of nitrogens with zero attached hydrogens (tertiary/aromatic N) is 3. The van der Waals surface area contributed by atoms with Crippen molar-refractivity contribution in [3.8, 4) is 17.2 Å². The molecule has 4 aromatic rings. The monoisotopic (exact) mass is 529 g/mol. The van der Waals surface area contributed by atoms with E-state index in [1.165, 1.54) is 19.2 Å². The maximum atomic E-state index is 14.9. The third-order valence-electron chi connectivity index (χ3n) is 5.18. The molecule has 9 nitrogen and oxygen atoms in total. The predicted octanol–water partition coefficient (Wildman–Crippen LogP) is 4.34. The molecule has 4 rings (SSSR count). The van der Waals surface area contributed by atoms with E-state index in [0.29, 0.717) is 0 Å². The molecule has 0 aliphatic rings. The number of nitrogens with one attached hydrogen (secondary N) is 2. The highest BCUT2D eigenvalue weighted by atomic mass is 19.3. The van der Waals surface area contributed by atoms with E-state index in [0.717, 1.165) is 40.6 Å². The number of anilines is 1. The number of alkyl halides is 2. The van der Waals surface area contributed by atoms with Crippen LogP contribution in [0.2, 0.25) is 0 Å². The van der Waals surface area contributed by atoms with E-state index in [4.69, 9.17) is 4.74 Å². The molecule has 2 heterocycles. The van der Waals surface area contributed by atoms with Crippen molar-refractivity contribution >= 4 is 17.8 Å². The zero-order valence-electron chi connectivity index (χ0n) is 19.6. The van der Waals surface area contributed by atoms with E-state index in [9.17, 15) is 27.2 Å². The molecule has 0 saturated carbocycles. The number of halogens is 4. The molecular weight excluding hydrogens is 510 g/mol. The molecule has 0 bridgehead atoms. The second-order valence-corrected chi connectivity index (χ2v) is 7.65. The minimum absolute atomic E-state index is 0.000490. The third-order valence-corrected chi connectivity index (χ3v) is 5.18. The summed E-state index contributed by atoms with van der Waals surface area (Å²) >= 11 is 0. The first-order chi connectivity index (χ1) is 18.2. The number of methoxy groups -OCH3 is 1. The Morgan fingerprint density at radius 3 is 2.24 bits per heavy atom. The zero-order valence-corrected chi connectivity index (χ0v) is 19.6. The van der Waals surface area contributed by atoms with Crippen molar-refractivity contribution in [2.45, 2.75) is 13.2 Å². The maximum absolute atomic E-state index is 14.9. The number of pyridine rings is 1. The van der Waals surface area contributed by atoms with Gasteiger partial charge in [-0.15, -0.1) is 0 Å². The van der Waals surface area contributed by atoms with Crippen LogP contribution >= 0.6 is 0 Å². The van der Waals surface area contributed by atoms with Crippen LogP contribution in [0.1, 0.15) is 26.4 Å². The van der Waals surface area contributed by atoms with Crippen molar-refractivity contribution in [1.82, 2.24) is 19.9 Å². The Labute approximate surface area is 213 Å². The second-order valence-electron chi connectivity index (χ2n) is 7.65. The van der Waals surface area contributed by atoms with Crippen molar-refractivity contribution in [2.75, 3.05) is 12.4 Å². The van der Waals surface area contributed by atoms with Gasteiger partial charge in [-0.2, -0.15) is 8.78 Å². The Morgan fingerprint density at radius 1 is 0.974 bits per heavy atom. The van der Waals surface area contributed by atoms with Gasteiger partial charge in [0.1, 0.15) is 22.9 Å². The molecular formula is C25H19F4N5O4. The molecule has 2 aromatic heterocycles. The zero-order chi connectivity index (χ0) is 27.2. The van der Waals surface area contributed by atoms with Crippen LogP contribution in [0.3, 0.4) is 0 Å². The minimum Gasteiger partial charge on any atom is -0.497 e. The number of benzene rings is 2. The van der Waals surface area contributed by atoms with Crippen LogP contribution in [-0.4, -0.2) is 40.1 Å². The molecule has 2 aromatic carbocycles. The highest BCUT2D eigenvalue weighted by molar-refractivity contribution is 6.04. The molecule has 0 radical (unpaired) electrons. The van der Waals surface area contributed by atoms with Gasteiger partial charge in [0.15, 0.2) is 11.6 Å². The molecule has 2 amide bonds. The average Bonchev–Trinajstić information content (AvgIpc) is 3.30. The maximum Gasteiger partial charge on any atom is 0.387 e. The fraction of sp³-hybridized carbons (Fsp3) is 0.120. The van der Waals surface area contributed by atoms with Crippen molar-refractivity contribution in [1.29, 1.82) is 0 Å². The van der Waals surface area contributed by atoms with Crippen molar-refractivity contribution in [3.05, 3.63) is 95.6 Å². The first-order valence-electron chi connectivity index (χ1n) is 10.9. The van der Waals surface area contributed by atoms with Gasteiger partial charge in [0, 0.05) is 42.8 Å².